The second-order valence-electron chi connectivity index (χ2n) is 6.46. The van der Waals surface area contributed by atoms with Gasteiger partial charge >= 0.3 is 0 Å². The molecule has 2 atom stereocenters. The van der Waals surface area contributed by atoms with Crippen molar-refractivity contribution >= 4 is 0 Å². The Morgan fingerprint density at radius 2 is 1.65 bits per heavy atom. The Balaban J connectivity index is 2.02. The van der Waals surface area contributed by atoms with Crippen LogP contribution in [0.5, 0.6) is 0 Å². The maximum absolute atomic E-state index is 10.5. The van der Waals surface area contributed by atoms with E-state index < -0.39 is 0 Å². The van der Waals surface area contributed by atoms with Crippen molar-refractivity contribution in [2.24, 2.45) is 0 Å². The fourth-order valence-corrected chi connectivity index (χ4v) is 2.89. The van der Waals surface area contributed by atoms with Crippen molar-refractivity contribution < 1.29 is 5.11 Å². The Morgan fingerprint density at radius 3 is 2.30 bits per heavy atom. The lowest BCUT2D eigenvalue weighted by Crippen LogP contribution is -2.39. The normalized spacial score (nSPS) is 14.0. The third kappa shape index (κ3) is 5.49. The molecule has 2 aromatic carbocycles. The summed E-state index contributed by atoms with van der Waals surface area (Å²) in [6, 6.07) is 19.2. The summed E-state index contributed by atoms with van der Waals surface area (Å²) in [6.45, 7) is 8.21. The molecule has 0 heterocycles. The molecule has 23 heavy (non-hydrogen) atoms. The third-order valence-corrected chi connectivity index (χ3v) is 4.61. The van der Waals surface area contributed by atoms with Gasteiger partial charge in [-0.1, -0.05) is 61.5 Å². The van der Waals surface area contributed by atoms with Crippen molar-refractivity contribution in [3.05, 3.63) is 71.3 Å². The van der Waals surface area contributed by atoms with E-state index in [1.54, 1.807) is 0 Å². The third-order valence-electron chi connectivity index (χ3n) is 4.61. The van der Waals surface area contributed by atoms with Crippen molar-refractivity contribution in [3.8, 4) is 0 Å². The largest absolute Gasteiger partial charge is 0.391 e. The monoisotopic (exact) mass is 311 g/mol. The molecule has 0 unspecified atom stereocenters. The highest BCUT2D eigenvalue weighted by molar-refractivity contribution is 5.25. The zero-order valence-electron chi connectivity index (χ0n) is 14.6. The molecule has 2 heteroatoms. The van der Waals surface area contributed by atoms with Gasteiger partial charge in [-0.15, -0.1) is 0 Å². The number of hydrogen-bond acceptors (Lipinski definition) is 2. The fourth-order valence-electron chi connectivity index (χ4n) is 2.89. The molecule has 0 aromatic heterocycles. The molecule has 2 nitrogen and oxygen atoms in total. The highest BCUT2D eigenvalue weighted by Gasteiger charge is 2.18. The lowest BCUT2D eigenvalue weighted by atomic mass is 10.0. The lowest BCUT2D eigenvalue weighted by Gasteiger charge is -2.31. The van der Waals surface area contributed by atoms with Gasteiger partial charge in [0.25, 0.3) is 0 Å². The first-order valence-corrected chi connectivity index (χ1v) is 8.60. The molecular weight excluding hydrogens is 282 g/mol. The van der Waals surface area contributed by atoms with Crippen LogP contribution in [0.2, 0.25) is 0 Å². The van der Waals surface area contributed by atoms with Gasteiger partial charge in [-0.05, 0) is 43.4 Å². The zero-order valence-corrected chi connectivity index (χ0v) is 14.6. The van der Waals surface area contributed by atoms with Gasteiger partial charge in [0.1, 0.15) is 0 Å². The molecule has 0 spiro atoms. The van der Waals surface area contributed by atoms with Crippen LogP contribution in [0.25, 0.3) is 0 Å². The summed E-state index contributed by atoms with van der Waals surface area (Å²) >= 11 is 0. The predicted molar refractivity (Wildman–Crippen MR) is 97.5 cm³/mol. The van der Waals surface area contributed by atoms with Gasteiger partial charge in [-0.3, -0.25) is 4.90 Å². The van der Waals surface area contributed by atoms with Crippen molar-refractivity contribution in [2.75, 3.05) is 6.54 Å². The van der Waals surface area contributed by atoms with Crippen LogP contribution in [0.15, 0.2) is 54.6 Å². The molecule has 0 aliphatic heterocycles. The summed E-state index contributed by atoms with van der Waals surface area (Å²) in [5.74, 6) is 0. The number of aliphatic hydroxyl groups excluding tert-OH is 1. The van der Waals surface area contributed by atoms with E-state index in [4.69, 9.17) is 0 Å². The Hall–Kier alpha value is -1.64. The quantitative estimate of drug-likeness (QED) is 0.790. The fraction of sp³-hybridized carbons (Fsp3) is 0.429. The van der Waals surface area contributed by atoms with Gasteiger partial charge in [-0.2, -0.15) is 0 Å². The van der Waals surface area contributed by atoms with Crippen LogP contribution in [-0.2, 0) is 13.0 Å². The molecule has 2 rings (SSSR count). The number of hydrogen-bond donors (Lipinski definition) is 1. The minimum atomic E-state index is -0.338. The molecule has 0 saturated carbocycles. The molecule has 1 N–H and O–H groups in total. The molecular formula is C21H29NO. The molecule has 0 aliphatic rings. The molecule has 0 radical (unpaired) electrons. The Labute approximate surface area is 140 Å². The second kappa shape index (κ2) is 8.85. The maximum Gasteiger partial charge on any atom is 0.0707 e. The summed E-state index contributed by atoms with van der Waals surface area (Å²) in [4.78, 5) is 2.40. The first-order valence-electron chi connectivity index (χ1n) is 8.60. The molecule has 2 aromatic rings. The van der Waals surface area contributed by atoms with Crippen molar-refractivity contribution in [2.45, 2.75) is 52.3 Å². The molecule has 0 saturated heterocycles. The van der Waals surface area contributed by atoms with E-state index in [-0.39, 0.29) is 6.10 Å². The average Bonchev–Trinajstić information content (AvgIpc) is 2.56. The SMILES string of the molecule is CC[C@@H](C)N(Cc1ccccc1C)C[C@@H](O)Cc1ccccc1. The topological polar surface area (TPSA) is 23.5 Å². The van der Waals surface area contributed by atoms with Gasteiger partial charge in [0.15, 0.2) is 0 Å². The standard InChI is InChI=1S/C21H29NO/c1-4-18(3)22(15-20-13-9-8-10-17(20)2)16-21(23)14-19-11-6-5-7-12-19/h5-13,18,21,23H,4,14-16H2,1-3H3/t18-,21+/m1/s1. The van der Waals surface area contributed by atoms with Crippen LogP contribution in [0, 0.1) is 6.92 Å². The zero-order chi connectivity index (χ0) is 16.7. The predicted octanol–water partition coefficient (Wildman–Crippen LogP) is 4.20. The smallest absolute Gasteiger partial charge is 0.0707 e. The number of aryl methyl sites for hydroxylation is 1. The summed E-state index contributed by atoms with van der Waals surface area (Å²) in [5, 5.41) is 10.5. The Kier molecular flexibility index (Phi) is 6.82. The number of rotatable bonds is 8. The molecule has 124 valence electrons. The van der Waals surface area contributed by atoms with Crippen LogP contribution in [0.1, 0.15) is 37.0 Å². The summed E-state index contributed by atoms with van der Waals surface area (Å²) < 4.78 is 0. The van der Waals surface area contributed by atoms with Crippen LogP contribution < -0.4 is 0 Å². The van der Waals surface area contributed by atoms with E-state index in [0.29, 0.717) is 19.0 Å². The van der Waals surface area contributed by atoms with Gasteiger partial charge in [0.05, 0.1) is 6.10 Å². The van der Waals surface area contributed by atoms with Crippen LogP contribution in [-0.4, -0.2) is 28.7 Å². The maximum atomic E-state index is 10.5. The van der Waals surface area contributed by atoms with Gasteiger partial charge in [0.2, 0.25) is 0 Å². The minimum Gasteiger partial charge on any atom is -0.391 e. The summed E-state index contributed by atoms with van der Waals surface area (Å²) in [6.07, 6.45) is 1.46. The van der Waals surface area contributed by atoms with E-state index in [0.717, 1.165) is 13.0 Å². The molecule has 0 aliphatic carbocycles. The number of aliphatic hydroxyl groups is 1. The van der Waals surface area contributed by atoms with Crippen molar-refractivity contribution in [1.82, 2.24) is 4.90 Å². The minimum absolute atomic E-state index is 0.338. The van der Waals surface area contributed by atoms with E-state index >= 15 is 0 Å². The van der Waals surface area contributed by atoms with Crippen LogP contribution in [0.3, 0.4) is 0 Å². The van der Waals surface area contributed by atoms with Crippen LogP contribution >= 0.6 is 0 Å². The van der Waals surface area contributed by atoms with Gasteiger partial charge in [-0.25, -0.2) is 0 Å². The van der Waals surface area contributed by atoms with Crippen LogP contribution in [0.4, 0.5) is 0 Å². The van der Waals surface area contributed by atoms with Crippen molar-refractivity contribution in [1.29, 1.82) is 0 Å². The number of nitrogens with zero attached hydrogens (tertiary/aromatic N) is 1. The molecule has 0 fully saturated rings. The molecule has 0 amide bonds. The van der Waals surface area contributed by atoms with E-state index in [9.17, 15) is 5.11 Å². The first kappa shape index (κ1) is 17.7. The first-order chi connectivity index (χ1) is 11.1. The summed E-state index contributed by atoms with van der Waals surface area (Å²) in [5.41, 5.74) is 3.86. The van der Waals surface area contributed by atoms with Gasteiger partial charge < -0.3 is 5.11 Å². The lowest BCUT2D eigenvalue weighted by molar-refractivity contribution is 0.0848. The van der Waals surface area contributed by atoms with Gasteiger partial charge in [0, 0.05) is 19.1 Å². The Morgan fingerprint density at radius 1 is 1.00 bits per heavy atom. The van der Waals surface area contributed by atoms with E-state index in [1.807, 2.05) is 18.2 Å². The molecule has 0 bridgehead atoms. The highest BCUT2D eigenvalue weighted by Crippen LogP contribution is 2.15. The summed E-state index contributed by atoms with van der Waals surface area (Å²) in [7, 11) is 0. The van der Waals surface area contributed by atoms with Crippen molar-refractivity contribution in [3.63, 3.8) is 0 Å². The average molecular weight is 311 g/mol. The second-order valence-corrected chi connectivity index (χ2v) is 6.46. The Bertz CT molecular complexity index is 581. The number of benzene rings is 2. The highest BCUT2D eigenvalue weighted by atomic mass is 16.3. The van der Waals surface area contributed by atoms with E-state index in [1.165, 1.54) is 16.7 Å². The van der Waals surface area contributed by atoms with E-state index in [2.05, 4.69) is 62.1 Å².